The van der Waals surface area contributed by atoms with Crippen LogP contribution in [0.1, 0.15) is 48.9 Å². The first-order chi connectivity index (χ1) is 11.1. The summed E-state index contributed by atoms with van der Waals surface area (Å²) < 4.78 is 0. The van der Waals surface area contributed by atoms with Crippen molar-refractivity contribution in [3.05, 3.63) is 23.9 Å². The van der Waals surface area contributed by atoms with E-state index in [1.54, 1.807) is 0 Å². The Morgan fingerprint density at radius 1 is 1.26 bits per heavy atom. The number of carbonyl (C=O) groups excluding carboxylic acids is 3. The van der Waals surface area contributed by atoms with Crippen LogP contribution in [0.25, 0.3) is 0 Å². The Morgan fingerprint density at radius 3 is 2.70 bits per heavy atom. The fourth-order valence-electron chi connectivity index (χ4n) is 3.21. The van der Waals surface area contributed by atoms with E-state index in [1.807, 2.05) is 0 Å². The summed E-state index contributed by atoms with van der Waals surface area (Å²) in [6, 6.07) is 2.90. The summed E-state index contributed by atoms with van der Waals surface area (Å²) in [6.45, 7) is 0. The highest BCUT2D eigenvalue weighted by Gasteiger charge is 2.43. The molecule has 0 spiro atoms. The molecule has 2 fully saturated rings. The van der Waals surface area contributed by atoms with Crippen LogP contribution in [0.15, 0.2) is 23.4 Å². The minimum atomic E-state index is -1.33. The van der Waals surface area contributed by atoms with Gasteiger partial charge in [0, 0.05) is 24.2 Å². The molecule has 0 radical (unpaired) electrons. The molecule has 0 N–H and O–H groups in total. The number of aromatic carboxylic acids is 1. The third kappa shape index (κ3) is 3.24. The van der Waals surface area contributed by atoms with E-state index in [-0.39, 0.29) is 34.9 Å². The van der Waals surface area contributed by atoms with Gasteiger partial charge in [-0.2, -0.15) is 0 Å². The molecule has 2 aliphatic rings. The molecule has 1 aliphatic carbocycles. The average molecular weight is 333 g/mol. The molecule has 23 heavy (non-hydrogen) atoms. The number of thioether (sulfide) groups is 1. The van der Waals surface area contributed by atoms with Crippen LogP contribution in [0.2, 0.25) is 0 Å². The lowest BCUT2D eigenvalue weighted by Crippen LogP contribution is -2.41. The molecule has 122 valence electrons. The zero-order chi connectivity index (χ0) is 16.4. The van der Waals surface area contributed by atoms with Gasteiger partial charge < -0.3 is 9.90 Å². The fraction of sp³-hybridized carbons (Fsp3) is 0.500. The summed E-state index contributed by atoms with van der Waals surface area (Å²) in [5.74, 6) is -1.71. The first-order valence-electron chi connectivity index (χ1n) is 7.77. The molecule has 1 aliphatic heterocycles. The van der Waals surface area contributed by atoms with Gasteiger partial charge in [-0.05, 0) is 25.0 Å². The van der Waals surface area contributed by atoms with E-state index in [0.29, 0.717) is 0 Å². The number of nitrogens with zero attached hydrogens (tertiary/aromatic N) is 2. The van der Waals surface area contributed by atoms with Gasteiger partial charge in [0.25, 0.3) is 0 Å². The Balaban J connectivity index is 1.76. The van der Waals surface area contributed by atoms with Crippen molar-refractivity contribution < 1.29 is 19.5 Å². The first-order valence-corrected chi connectivity index (χ1v) is 8.65. The number of hydrogen-bond donors (Lipinski definition) is 0. The third-order valence-corrected chi connectivity index (χ3v) is 5.53. The molecule has 0 bridgehead atoms. The molecule has 1 aromatic heterocycles. The highest BCUT2D eigenvalue weighted by atomic mass is 32.2. The second kappa shape index (κ2) is 6.70. The quantitative estimate of drug-likeness (QED) is 0.764. The van der Waals surface area contributed by atoms with Crippen molar-refractivity contribution in [2.45, 2.75) is 54.8 Å². The highest BCUT2D eigenvalue weighted by Crippen LogP contribution is 2.35. The van der Waals surface area contributed by atoms with Crippen LogP contribution in [0, 0.1) is 0 Å². The lowest BCUT2D eigenvalue weighted by atomic mass is 9.94. The molecule has 3 rings (SSSR count). The highest BCUT2D eigenvalue weighted by molar-refractivity contribution is 8.00. The van der Waals surface area contributed by atoms with Crippen molar-refractivity contribution in [1.29, 1.82) is 0 Å². The van der Waals surface area contributed by atoms with Gasteiger partial charge in [-0.25, -0.2) is 4.98 Å². The Bertz CT molecular complexity index is 643. The number of carboxylic acids is 1. The lowest BCUT2D eigenvalue weighted by Gasteiger charge is -2.29. The van der Waals surface area contributed by atoms with Gasteiger partial charge >= 0.3 is 0 Å². The van der Waals surface area contributed by atoms with Gasteiger partial charge in [0.2, 0.25) is 11.8 Å². The molecule has 1 saturated heterocycles. The SMILES string of the molecule is O=C([O-])c1cccnc1S[C@H]1CC(=O)N(C2CCCCC2)C1=O. The van der Waals surface area contributed by atoms with Gasteiger partial charge in [0.05, 0.1) is 11.2 Å². The lowest BCUT2D eigenvalue weighted by molar-refractivity contribution is -0.255. The van der Waals surface area contributed by atoms with Crippen LogP contribution in [0.5, 0.6) is 0 Å². The monoisotopic (exact) mass is 333 g/mol. The maximum Gasteiger partial charge on any atom is 0.243 e. The number of pyridine rings is 1. The average Bonchev–Trinajstić information content (AvgIpc) is 2.82. The maximum atomic E-state index is 12.6. The Morgan fingerprint density at radius 2 is 2.00 bits per heavy atom. The molecule has 2 amide bonds. The van der Waals surface area contributed by atoms with E-state index >= 15 is 0 Å². The number of imide groups is 1. The first kappa shape index (κ1) is 16.0. The van der Waals surface area contributed by atoms with Crippen molar-refractivity contribution in [2.75, 3.05) is 0 Å². The standard InChI is InChI=1S/C16H18N2O4S/c19-13-9-12(15(20)18(13)10-5-2-1-3-6-10)23-14-11(16(21)22)7-4-8-17-14/h4,7-8,10,12H,1-3,5-6,9H2,(H,21,22)/p-1/t12-/m0/s1. The topological polar surface area (TPSA) is 90.4 Å². The zero-order valence-electron chi connectivity index (χ0n) is 12.6. The van der Waals surface area contributed by atoms with Crippen LogP contribution >= 0.6 is 11.8 Å². The van der Waals surface area contributed by atoms with Crippen LogP contribution < -0.4 is 5.11 Å². The van der Waals surface area contributed by atoms with Crippen molar-refractivity contribution in [2.24, 2.45) is 0 Å². The number of likely N-dealkylation sites (tertiary alicyclic amines) is 1. The fourth-order valence-corrected chi connectivity index (χ4v) is 4.32. The summed E-state index contributed by atoms with van der Waals surface area (Å²) in [5, 5.41) is 10.8. The summed E-state index contributed by atoms with van der Waals surface area (Å²) in [6.07, 6.45) is 6.51. The predicted molar refractivity (Wildman–Crippen MR) is 81.6 cm³/mol. The summed E-state index contributed by atoms with van der Waals surface area (Å²) in [4.78, 5) is 41.4. The van der Waals surface area contributed by atoms with Gasteiger partial charge in [-0.1, -0.05) is 31.0 Å². The molecule has 7 heteroatoms. The smallest absolute Gasteiger partial charge is 0.243 e. The maximum absolute atomic E-state index is 12.6. The minimum Gasteiger partial charge on any atom is -0.545 e. The van der Waals surface area contributed by atoms with E-state index in [9.17, 15) is 19.5 Å². The third-order valence-electron chi connectivity index (χ3n) is 4.33. The summed E-state index contributed by atoms with van der Waals surface area (Å²) >= 11 is 1.04. The second-order valence-electron chi connectivity index (χ2n) is 5.85. The molecular weight excluding hydrogens is 316 g/mol. The van der Waals surface area contributed by atoms with E-state index < -0.39 is 11.2 Å². The molecule has 1 saturated carbocycles. The second-order valence-corrected chi connectivity index (χ2v) is 7.04. The minimum absolute atomic E-state index is 0.00121. The molecule has 1 aromatic rings. The van der Waals surface area contributed by atoms with Crippen molar-refractivity contribution in [3.63, 3.8) is 0 Å². The van der Waals surface area contributed by atoms with E-state index in [4.69, 9.17) is 0 Å². The summed E-state index contributed by atoms with van der Waals surface area (Å²) in [7, 11) is 0. The Hall–Kier alpha value is -1.89. The predicted octanol–water partition coefficient (Wildman–Crippen LogP) is 0.997. The van der Waals surface area contributed by atoms with Gasteiger partial charge in [0.15, 0.2) is 0 Å². The Kier molecular flexibility index (Phi) is 4.66. The zero-order valence-corrected chi connectivity index (χ0v) is 13.4. The van der Waals surface area contributed by atoms with Crippen molar-refractivity contribution in [3.8, 4) is 0 Å². The number of hydrogen-bond acceptors (Lipinski definition) is 6. The number of amides is 2. The molecule has 1 atom stereocenters. The van der Waals surface area contributed by atoms with Crippen LogP contribution in [0.4, 0.5) is 0 Å². The van der Waals surface area contributed by atoms with Gasteiger partial charge in [-0.15, -0.1) is 0 Å². The molecule has 6 nitrogen and oxygen atoms in total. The number of carbonyl (C=O) groups is 3. The van der Waals surface area contributed by atoms with Crippen LogP contribution in [0.3, 0.4) is 0 Å². The van der Waals surface area contributed by atoms with E-state index in [1.165, 1.54) is 23.2 Å². The van der Waals surface area contributed by atoms with Crippen LogP contribution in [-0.4, -0.2) is 39.0 Å². The molecule has 0 unspecified atom stereocenters. The molecular formula is C16H17N2O4S-. The largest absolute Gasteiger partial charge is 0.545 e. The van der Waals surface area contributed by atoms with Crippen molar-refractivity contribution >= 4 is 29.5 Å². The van der Waals surface area contributed by atoms with E-state index in [2.05, 4.69) is 4.98 Å². The van der Waals surface area contributed by atoms with Crippen LogP contribution in [-0.2, 0) is 9.59 Å². The summed E-state index contributed by atoms with van der Waals surface area (Å²) in [5.41, 5.74) is -0.0473. The molecule has 0 aromatic carbocycles. The Labute approximate surface area is 138 Å². The number of rotatable bonds is 4. The normalized spacial score (nSPS) is 22.6. The van der Waals surface area contributed by atoms with Gasteiger partial charge in [0.1, 0.15) is 5.03 Å². The van der Waals surface area contributed by atoms with Crippen molar-refractivity contribution in [1.82, 2.24) is 9.88 Å². The number of aromatic nitrogens is 1. The van der Waals surface area contributed by atoms with Gasteiger partial charge in [-0.3, -0.25) is 14.5 Å². The van der Waals surface area contributed by atoms with E-state index in [0.717, 1.165) is 43.9 Å². The molecule has 2 heterocycles. The number of carboxylic acid groups (broad SMARTS) is 1.